The molecule has 0 saturated heterocycles. The molecule has 8 unspecified atom stereocenters. The Bertz CT molecular complexity index is 1830. The van der Waals surface area contributed by atoms with E-state index in [4.69, 9.17) is 0 Å². The highest BCUT2D eigenvalue weighted by molar-refractivity contribution is 7.21. The maximum atomic E-state index is 15.0. The monoisotopic (exact) mass is 678 g/mol. The number of ketones is 1. The van der Waals surface area contributed by atoms with Gasteiger partial charge >= 0.3 is 6.03 Å². The summed E-state index contributed by atoms with van der Waals surface area (Å²) < 4.78 is 1.11. The fourth-order valence-corrected chi connectivity index (χ4v) is 12.5. The lowest BCUT2D eigenvalue weighted by Crippen LogP contribution is -2.67. The number of benzene rings is 2. The third-order valence-corrected chi connectivity index (χ3v) is 15.1. The van der Waals surface area contributed by atoms with Crippen LogP contribution >= 0.6 is 11.3 Å². The molecule has 3 fully saturated rings. The Morgan fingerprint density at radius 1 is 0.939 bits per heavy atom. The van der Waals surface area contributed by atoms with Crippen molar-refractivity contribution in [3.8, 4) is 0 Å². The average molecular weight is 679 g/mol. The molecule has 2 amide bonds. The number of urea groups is 1. The third kappa shape index (κ3) is 4.71. The summed E-state index contributed by atoms with van der Waals surface area (Å²) in [6.45, 7) is 9.23. The van der Waals surface area contributed by atoms with Crippen molar-refractivity contribution in [1.82, 2.24) is 10.2 Å². The number of carbonyl (C=O) groups excluding carboxylic acids is 2. The number of fused-ring (bicyclic) bond motifs is 2. The summed E-state index contributed by atoms with van der Waals surface area (Å²) in [5, 5.41) is 28.2. The summed E-state index contributed by atoms with van der Waals surface area (Å²) in [6.07, 6.45) is 12.0. The molecule has 6 aliphatic carbocycles. The van der Waals surface area contributed by atoms with E-state index in [2.05, 4.69) is 55.6 Å². The molecule has 2 aromatic carbocycles. The number of Topliss-reactive ketones (excluding diaryl/α,β-unsaturated/α-hetero) is 1. The molecule has 7 heteroatoms. The van der Waals surface area contributed by atoms with Crippen LogP contribution in [0.3, 0.4) is 0 Å². The number of rotatable bonds is 7. The Morgan fingerprint density at radius 3 is 2.39 bits per heavy atom. The molecule has 0 aliphatic heterocycles. The average Bonchev–Trinajstić information content (AvgIpc) is 3.62. The molecule has 0 radical (unpaired) electrons. The van der Waals surface area contributed by atoms with E-state index >= 15 is 4.79 Å². The summed E-state index contributed by atoms with van der Waals surface area (Å²) in [7, 11) is 0. The van der Waals surface area contributed by atoms with Crippen LogP contribution in [0, 0.1) is 33.5 Å². The number of aliphatic hydroxyl groups is 2. The minimum absolute atomic E-state index is 0.0262. The summed E-state index contributed by atoms with van der Waals surface area (Å²) in [6, 6.07) is 20.1. The van der Waals surface area contributed by atoms with Crippen molar-refractivity contribution in [3.05, 3.63) is 94.9 Å². The largest absolute Gasteiger partial charge is 0.393 e. The first kappa shape index (κ1) is 32.9. The minimum Gasteiger partial charge on any atom is -0.393 e. The van der Waals surface area contributed by atoms with E-state index in [9.17, 15) is 15.0 Å². The highest BCUT2D eigenvalue weighted by Crippen LogP contribution is 2.78. The number of nitrogens with one attached hydrogen (secondary N) is 1. The van der Waals surface area contributed by atoms with Crippen molar-refractivity contribution in [3.63, 3.8) is 0 Å². The normalized spacial score (nSPS) is 37.4. The molecular weight excluding hydrogens is 629 g/mol. The predicted molar refractivity (Wildman–Crippen MR) is 195 cm³/mol. The van der Waals surface area contributed by atoms with Gasteiger partial charge in [0.2, 0.25) is 0 Å². The van der Waals surface area contributed by atoms with E-state index in [1.165, 1.54) is 0 Å². The first-order valence-corrected chi connectivity index (χ1v) is 19.1. The molecule has 3 saturated carbocycles. The second kappa shape index (κ2) is 11.4. The summed E-state index contributed by atoms with van der Waals surface area (Å²) in [5.41, 5.74) is -0.757. The first-order chi connectivity index (χ1) is 23.3. The molecule has 2 spiro atoms. The van der Waals surface area contributed by atoms with Crippen LogP contribution < -0.4 is 5.32 Å². The maximum Gasteiger partial charge on any atom is 0.317 e. The standard InChI is InChI=1S/C42H50N2O4S/c1-27(2)43-37(47)44(25-28-10-6-5-7-11-28)26-41(48)19-16-35-39(41,4)18-15-34-38(3)17-14-30(45)23-40(38)20-21-42(34,35)31(24-40)36(46)33-22-29-12-8-9-13-32(29)49-33/h5-13,20-22,24,27,30,34-35,45,48H,14-19,23,25-26H2,1-4H3,(H,43,47). The highest BCUT2D eigenvalue weighted by atomic mass is 32.1. The molecule has 8 atom stereocenters. The van der Waals surface area contributed by atoms with Crippen molar-refractivity contribution in [2.75, 3.05) is 6.54 Å². The Morgan fingerprint density at radius 2 is 1.63 bits per heavy atom. The van der Waals surface area contributed by atoms with Gasteiger partial charge in [-0.3, -0.25) is 4.79 Å². The molecule has 258 valence electrons. The molecule has 49 heavy (non-hydrogen) atoms. The van der Waals surface area contributed by atoms with Gasteiger partial charge in [0.15, 0.2) is 5.78 Å². The van der Waals surface area contributed by atoms with Gasteiger partial charge < -0.3 is 20.4 Å². The van der Waals surface area contributed by atoms with Crippen molar-refractivity contribution in [1.29, 1.82) is 0 Å². The van der Waals surface area contributed by atoms with Gasteiger partial charge in [0.05, 0.1) is 23.1 Å². The second-order valence-electron chi connectivity index (χ2n) is 16.7. The van der Waals surface area contributed by atoms with E-state index in [-0.39, 0.29) is 47.1 Å². The fraction of sp³-hybridized carbons (Fsp3) is 0.524. The Labute approximate surface area is 294 Å². The molecule has 1 aromatic heterocycles. The maximum absolute atomic E-state index is 15.0. The van der Waals surface area contributed by atoms with Crippen LogP contribution in [0.5, 0.6) is 0 Å². The number of thiophene rings is 1. The Hall–Kier alpha value is -3.26. The third-order valence-electron chi connectivity index (χ3n) is 14.0. The van der Waals surface area contributed by atoms with E-state index < -0.39 is 22.5 Å². The van der Waals surface area contributed by atoms with Gasteiger partial charge in [0.25, 0.3) is 0 Å². The number of hydrogen-bond acceptors (Lipinski definition) is 5. The lowest BCUT2D eigenvalue weighted by molar-refractivity contribution is -0.174. The van der Waals surface area contributed by atoms with Gasteiger partial charge in [0, 0.05) is 39.1 Å². The lowest BCUT2D eigenvalue weighted by Gasteiger charge is -2.71. The van der Waals surface area contributed by atoms with E-state index in [1.807, 2.05) is 56.3 Å². The number of hydrogen-bond donors (Lipinski definition) is 3. The zero-order valence-electron chi connectivity index (χ0n) is 29.2. The number of aliphatic hydroxyl groups excluding tert-OH is 1. The van der Waals surface area contributed by atoms with Crippen molar-refractivity contribution < 1.29 is 19.8 Å². The SMILES string of the molecule is CC(C)NC(=O)N(Cc1ccccc1)CC1(O)CCC2C34C=CC5(C=C3C(=O)c3cc6ccccc6s3)CC(O)CCC5(C)C4CCC21C. The van der Waals surface area contributed by atoms with Gasteiger partial charge in [-0.2, -0.15) is 0 Å². The molecular formula is C42H50N2O4S. The Balaban J connectivity index is 1.22. The molecule has 9 rings (SSSR count). The van der Waals surface area contributed by atoms with Gasteiger partial charge in [-0.05, 0) is 99.1 Å². The van der Waals surface area contributed by atoms with Crippen LogP contribution in [0.1, 0.15) is 87.9 Å². The van der Waals surface area contributed by atoms with Crippen LogP contribution in [-0.4, -0.2) is 51.2 Å². The number of amides is 2. The quantitative estimate of drug-likeness (QED) is 0.173. The molecule has 3 aromatic rings. The highest BCUT2D eigenvalue weighted by Gasteiger charge is 2.74. The molecule has 6 aliphatic rings. The van der Waals surface area contributed by atoms with Crippen molar-refractivity contribution in [2.45, 2.75) is 96.9 Å². The van der Waals surface area contributed by atoms with Gasteiger partial charge in [-0.1, -0.05) is 80.6 Å². The molecule has 6 nitrogen and oxygen atoms in total. The fourth-order valence-electron chi connectivity index (χ4n) is 11.5. The summed E-state index contributed by atoms with van der Waals surface area (Å²) in [4.78, 5) is 31.3. The van der Waals surface area contributed by atoms with Crippen LogP contribution in [0.15, 0.2) is 84.5 Å². The minimum atomic E-state index is -1.13. The summed E-state index contributed by atoms with van der Waals surface area (Å²) in [5.74, 6) is 0.345. The zero-order valence-corrected chi connectivity index (χ0v) is 30.1. The van der Waals surface area contributed by atoms with E-state index in [0.29, 0.717) is 19.4 Å². The zero-order chi connectivity index (χ0) is 34.4. The number of allylic oxidation sites excluding steroid dienone is 4. The number of carbonyl (C=O) groups is 2. The predicted octanol–water partition coefficient (Wildman–Crippen LogP) is 8.30. The van der Waals surface area contributed by atoms with Crippen LogP contribution in [0.25, 0.3) is 10.1 Å². The van der Waals surface area contributed by atoms with Gasteiger partial charge in [0.1, 0.15) is 0 Å². The van der Waals surface area contributed by atoms with Crippen LogP contribution in [0.2, 0.25) is 0 Å². The number of nitrogens with zero attached hydrogens (tertiary/aromatic N) is 1. The van der Waals surface area contributed by atoms with Gasteiger partial charge in [-0.15, -0.1) is 11.3 Å². The van der Waals surface area contributed by atoms with E-state index in [1.54, 1.807) is 16.2 Å². The summed E-state index contributed by atoms with van der Waals surface area (Å²) >= 11 is 1.57. The van der Waals surface area contributed by atoms with Crippen molar-refractivity contribution in [2.24, 2.45) is 33.5 Å². The smallest absolute Gasteiger partial charge is 0.317 e. The van der Waals surface area contributed by atoms with Crippen LogP contribution in [-0.2, 0) is 6.54 Å². The molecule has 1 heterocycles. The second-order valence-corrected chi connectivity index (χ2v) is 17.8. The van der Waals surface area contributed by atoms with E-state index in [0.717, 1.165) is 58.2 Å². The van der Waals surface area contributed by atoms with Gasteiger partial charge in [-0.25, -0.2) is 4.79 Å². The molecule has 2 bridgehead atoms. The first-order valence-electron chi connectivity index (χ1n) is 18.3. The van der Waals surface area contributed by atoms with Crippen molar-refractivity contribution >= 4 is 33.2 Å². The molecule has 3 N–H and O–H groups in total. The van der Waals surface area contributed by atoms with Crippen LogP contribution in [0.4, 0.5) is 4.79 Å². The lowest BCUT2D eigenvalue weighted by atomic mass is 9.32. The Kier molecular flexibility index (Phi) is 7.64. The topological polar surface area (TPSA) is 89.9 Å².